The Hall–Kier alpha value is -0.920. The summed E-state index contributed by atoms with van der Waals surface area (Å²) in [4.78, 5) is 7.96. The summed E-state index contributed by atoms with van der Waals surface area (Å²) < 4.78 is 5.62. The van der Waals surface area contributed by atoms with Crippen LogP contribution >= 0.6 is 15.9 Å². The van der Waals surface area contributed by atoms with Gasteiger partial charge in [0.05, 0.1) is 30.5 Å². The minimum Gasteiger partial charge on any atom is -0.480 e. The third-order valence-corrected chi connectivity index (χ3v) is 2.16. The molecule has 0 aromatic carbocycles. The summed E-state index contributed by atoms with van der Waals surface area (Å²) in [5.41, 5.74) is 0. The van der Waals surface area contributed by atoms with Crippen molar-refractivity contribution in [2.75, 3.05) is 25.6 Å². The van der Waals surface area contributed by atoms with E-state index < -0.39 is 6.10 Å². The summed E-state index contributed by atoms with van der Waals surface area (Å²) in [6.45, 7) is -0.123. The molecule has 1 aromatic rings. The molecule has 0 saturated carbocycles. The lowest BCUT2D eigenvalue weighted by atomic mass is 10.4. The van der Waals surface area contributed by atoms with Crippen molar-refractivity contribution >= 4 is 21.9 Å². The summed E-state index contributed by atoms with van der Waals surface area (Å²) in [5, 5.41) is 20.5. The SMILES string of the molecule is COc1nc(NCC(O)CO)ncc1Br. The third kappa shape index (κ3) is 3.61. The lowest BCUT2D eigenvalue weighted by molar-refractivity contribution is 0.105. The largest absolute Gasteiger partial charge is 0.480 e. The molecule has 1 atom stereocenters. The molecule has 0 saturated heterocycles. The van der Waals surface area contributed by atoms with Gasteiger partial charge in [0.2, 0.25) is 11.8 Å². The Kier molecular flexibility index (Phi) is 4.73. The molecule has 1 aromatic heterocycles. The van der Waals surface area contributed by atoms with Gasteiger partial charge in [-0.15, -0.1) is 0 Å². The molecule has 0 aliphatic heterocycles. The second kappa shape index (κ2) is 5.84. The van der Waals surface area contributed by atoms with E-state index >= 15 is 0 Å². The third-order valence-electron chi connectivity index (χ3n) is 1.61. The number of hydrogen-bond donors (Lipinski definition) is 3. The highest BCUT2D eigenvalue weighted by molar-refractivity contribution is 9.10. The number of anilines is 1. The van der Waals surface area contributed by atoms with E-state index in [2.05, 4.69) is 31.2 Å². The van der Waals surface area contributed by atoms with Crippen LogP contribution in [0.1, 0.15) is 0 Å². The van der Waals surface area contributed by atoms with E-state index in [1.165, 1.54) is 7.11 Å². The standard InChI is InChI=1S/C8H12BrN3O3/c1-15-7-6(9)3-11-8(12-7)10-2-5(14)4-13/h3,5,13-14H,2,4H2,1H3,(H,10,11,12). The van der Waals surface area contributed by atoms with Crippen molar-refractivity contribution in [3.63, 3.8) is 0 Å². The van der Waals surface area contributed by atoms with Gasteiger partial charge in [-0.05, 0) is 15.9 Å². The molecular weight excluding hydrogens is 266 g/mol. The van der Waals surface area contributed by atoms with Crippen LogP contribution in [-0.2, 0) is 0 Å². The maximum Gasteiger partial charge on any atom is 0.232 e. The molecule has 0 aliphatic carbocycles. The fourth-order valence-corrected chi connectivity index (χ4v) is 1.21. The molecule has 0 spiro atoms. The van der Waals surface area contributed by atoms with E-state index in [4.69, 9.17) is 14.9 Å². The minimum atomic E-state index is -0.830. The highest BCUT2D eigenvalue weighted by atomic mass is 79.9. The van der Waals surface area contributed by atoms with Gasteiger partial charge in [-0.2, -0.15) is 4.98 Å². The predicted octanol–water partition coefficient (Wildman–Crippen LogP) is 0.0128. The number of nitrogens with one attached hydrogen (secondary N) is 1. The fourth-order valence-electron chi connectivity index (χ4n) is 0.853. The Morgan fingerprint density at radius 2 is 2.40 bits per heavy atom. The average molecular weight is 278 g/mol. The predicted molar refractivity (Wildman–Crippen MR) is 57.9 cm³/mol. The number of methoxy groups -OCH3 is 1. The molecule has 6 nitrogen and oxygen atoms in total. The molecule has 3 N–H and O–H groups in total. The zero-order chi connectivity index (χ0) is 11.3. The maximum absolute atomic E-state index is 9.09. The molecule has 84 valence electrons. The number of ether oxygens (including phenoxy) is 1. The van der Waals surface area contributed by atoms with E-state index in [9.17, 15) is 0 Å². The van der Waals surface area contributed by atoms with Crippen LogP contribution in [0.5, 0.6) is 5.88 Å². The summed E-state index contributed by atoms with van der Waals surface area (Å²) in [7, 11) is 1.50. The molecule has 0 radical (unpaired) electrons. The molecular formula is C8H12BrN3O3. The molecule has 1 heterocycles. The van der Waals surface area contributed by atoms with Crippen molar-refractivity contribution in [2.45, 2.75) is 6.10 Å². The Morgan fingerprint density at radius 1 is 1.67 bits per heavy atom. The van der Waals surface area contributed by atoms with E-state index in [0.717, 1.165) is 0 Å². The molecule has 0 bridgehead atoms. The van der Waals surface area contributed by atoms with Gasteiger partial charge in [0, 0.05) is 6.54 Å². The first-order chi connectivity index (χ1) is 7.17. The van der Waals surface area contributed by atoms with Crippen LogP contribution in [-0.4, -0.2) is 46.5 Å². The van der Waals surface area contributed by atoms with Gasteiger partial charge in [0.25, 0.3) is 0 Å². The normalized spacial score (nSPS) is 12.3. The van der Waals surface area contributed by atoms with E-state index in [1.807, 2.05) is 0 Å². The Morgan fingerprint density at radius 3 is 3.00 bits per heavy atom. The zero-order valence-electron chi connectivity index (χ0n) is 8.14. The molecule has 15 heavy (non-hydrogen) atoms. The van der Waals surface area contributed by atoms with Crippen molar-refractivity contribution in [1.29, 1.82) is 0 Å². The van der Waals surface area contributed by atoms with Crippen LogP contribution in [0, 0.1) is 0 Å². The van der Waals surface area contributed by atoms with Gasteiger partial charge in [-0.1, -0.05) is 0 Å². The van der Waals surface area contributed by atoms with Crippen molar-refractivity contribution in [1.82, 2.24) is 9.97 Å². The van der Waals surface area contributed by atoms with E-state index in [1.54, 1.807) is 6.20 Å². The second-order valence-corrected chi connectivity index (χ2v) is 3.62. The second-order valence-electron chi connectivity index (χ2n) is 2.77. The van der Waals surface area contributed by atoms with Gasteiger partial charge in [0.1, 0.15) is 0 Å². The average Bonchev–Trinajstić information content (AvgIpc) is 2.27. The summed E-state index contributed by atoms with van der Waals surface area (Å²) in [6.07, 6.45) is 0.711. The Bertz CT molecular complexity index is 324. The van der Waals surface area contributed by atoms with Gasteiger partial charge in [0.15, 0.2) is 0 Å². The number of nitrogens with zero attached hydrogens (tertiary/aromatic N) is 2. The number of rotatable bonds is 5. The number of aliphatic hydroxyl groups excluding tert-OH is 2. The van der Waals surface area contributed by atoms with Crippen LogP contribution in [0.2, 0.25) is 0 Å². The fraction of sp³-hybridized carbons (Fsp3) is 0.500. The molecule has 7 heteroatoms. The van der Waals surface area contributed by atoms with Crippen LogP contribution < -0.4 is 10.1 Å². The van der Waals surface area contributed by atoms with E-state index in [0.29, 0.717) is 16.3 Å². The first kappa shape index (κ1) is 12.2. The molecule has 1 unspecified atom stereocenters. The number of aromatic nitrogens is 2. The zero-order valence-corrected chi connectivity index (χ0v) is 9.73. The minimum absolute atomic E-state index is 0.182. The summed E-state index contributed by atoms with van der Waals surface area (Å²) in [6, 6.07) is 0. The lowest BCUT2D eigenvalue weighted by Gasteiger charge is -2.09. The monoisotopic (exact) mass is 277 g/mol. The van der Waals surface area contributed by atoms with Crippen LogP contribution in [0.3, 0.4) is 0 Å². The molecule has 0 fully saturated rings. The number of aliphatic hydroxyl groups is 2. The summed E-state index contributed by atoms with van der Waals surface area (Å²) in [5.74, 6) is 0.744. The van der Waals surface area contributed by atoms with Gasteiger partial charge >= 0.3 is 0 Å². The molecule has 1 rings (SSSR count). The Balaban J connectivity index is 2.62. The van der Waals surface area contributed by atoms with Crippen molar-refractivity contribution < 1.29 is 14.9 Å². The highest BCUT2D eigenvalue weighted by Crippen LogP contribution is 2.21. The molecule has 0 amide bonds. The number of hydrogen-bond acceptors (Lipinski definition) is 6. The maximum atomic E-state index is 9.09. The van der Waals surface area contributed by atoms with Crippen LogP contribution in [0.25, 0.3) is 0 Å². The smallest absolute Gasteiger partial charge is 0.232 e. The molecule has 0 aliphatic rings. The highest BCUT2D eigenvalue weighted by Gasteiger charge is 2.06. The Labute approximate surface area is 95.4 Å². The van der Waals surface area contributed by atoms with Crippen LogP contribution in [0.15, 0.2) is 10.7 Å². The first-order valence-electron chi connectivity index (χ1n) is 4.26. The van der Waals surface area contributed by atoms with Gasteiger partial charge in [-0.25, -0.2) is 4.98 Å². The summed E-state index contributed by atoms with van der Waals surface area (Å²) >= 11 is 3.22. The van der Waals surface area contributed by atoms with Crippen LogP contribution in [0.4, 0.5) is 5.95 Å². The van der Waals surface area contributed by atoms with Gasteiger partial charge < -0.3 is 20.3 Å². The lowest BCUT2D eigenvalue weighted by Crippen LogP contribution is -2.23. The van der Waals surface area contributed by atoms with Crippen molar-refractivity contribution in [2.24, 2.45) is 0 Å². The first-order valence-corrected chi connectivity index (χ1v) is 5.06. The van der Waals surface area contributed by atoms with E-state index in [-0.39, 0.29) is 13.2 Å². The quantitative estimate of drug-likeness (QED) is 0.703. The number of halogens is 1. The van der Waals surface area contributed by atoms with Crippen molar-refractivity contribution in [3.05, 3.63) is 10.7 Å². The van der Waals surface area contributed by atoms with Crippen molar-refractivity contribution in [3.8, 4) is 5.88 Å². The topological polar surface area (TPSA) is 87.5 Å². The van der Waals surface area contributed by atoms with Gasteiger partial charge in [-0.3, -0.25) is 0 Å².